The smallest absolute Gasteiger partial charge is 0.292 e. The number of hydrogen-bond acceptors (Lipinski definition) is 6. The summed E-state index contributed by atoms with van der Waals surface area (Å²) >= 11 is 0. The van der Waals surface area contributed by atoms with Crippen molar-refractivity contribution in [3.63, 3.8) is 0 Å². The summed E-state index contributed by atoms with van der Waals surface area (Å²) in [4.78, 5) is 0. The number of benzene rings is 3. The van der Waals surface area contributed by atoms with Gasteiger partial charge in [0.05, 0.1) is 0 Å². The lowest BCUT2D eigenvalue weighted by molar-refractivity contribution is 0.507. The van der Waals surface area contributed by atoms with Gasteiger partial charge in [-0.15, -0.1) is 15.8 Å². The Balaban J connectivity index is -0.0000000423. The monoisotopic (exact) mass is 644 g/mol. The molecule has 0 aliphatic carbocycles. The van der Waals surface area contributed by atoms with Gasteiger partial charge < -0.3 is 14.2 Å². The topological polar surface area (TPSA) is 99.1 Å². The van der Waals surface area contributed by atoms with Crippen molar-refractivity contribution in [3.05, 3.63) is 91.0 Å². The molecular formula is C40H73N3O3. The van der Waals surface area contributed by atoms with Gasteiger partial charge in [-0.25, -0.2) is 0 Å². The molecule has 0 saturated heterocycles. The fourth-order valence-electron chi connectivity index (χ4n) is 1.62. The number of nitriles is 3. The standard InChI is InChI=1S/3C7H5NO.2C4H10.3C2H6.5CH4/c3*8-6-9-7-4-2-1-3-5-7;2*1-4(2)3;3*1-2;;;;;/h3*1-5H;2*4H,1-3H3;3*1-2H3;5*1H4. The minimum atomic E-state index is 0. The second-order valence-corrected chi connectivity index (χ2v) is 7.98. The highest BCUT2D eigenvalue weighted by atomic mass is 16.5. The molecule has 0 bridgehead atoms. The molecular weight excluding hydrogens is 570 g/mol. The molecule has 0 saturated carbocycles. The summed E-state index contributed by atoms with van der Waals surface area (Å²) in [6, 6.07) is 26.8. The Morgan fingerprint density at radius 3 is 0.609 bits per heavy atom. The van der Waals surface area contributed by atoms with Gasteiger partial charge in [0.1, 0.15) is 17.2 Å². The summed E-state index contributed by atoms with van der Waals surface area (Å²) in [5.74, 6) is 3.42. The van der Waals surface area contributed by atoms with Gasteiger partial charge in [0.2, 0.25) is 0 Å². The number of hydrogen-bond donors (Lipinski definition) is 0. The van der Waals surface area contributed by atoms with Crippen molar-refractivity contribution < 1.29 is 14.2 Å². The third-order valence-electron chi connectivity index (χ3n) is 2.72. The Morgan fingerprint density at radius 1 is 0.370 bits per heavy atom. The largest absolute Gasteiger partial charge is 0.388 e. The van der Waals surface area contributed by atoms with Crippen molar-refractivity contribution >= 4 is 0 Å². The molecule has 0 amide bonds. The summed E-state index contributed by atoms with van der Waals surface area (Å²) in [5, 5.41) is 24.1. The van der Waals surface area contributed by atoms with E-state index in [1.165, 1.54) is 0 Å². The molecule has 3 aromatic rings. The highest BCUT2D eigenvalue weighted by Gasteiger charge is 1.86. The van der Waals surface area contributed by atoms with E-state index in [-0.39, 0.29) is 37.1 Å². The predicted molar refractivity (Wildman–Crippen MR) is 207 cm³/mol. The minimum Gasteiger partial charge on any atom is -0.388 e. The molecule has 0 aliphatic heterocycles. The van der Waals surface area contributed by atoms with Crippen molar-refractivity contribution in [2.24, 2.45) is 11.8 Å². The van der Waals surface area contributed by atoms with Crippen molar-refractivity contribution in [2.45, 2.75) is 120 Å². The van der Waals surface area contributed by atoms with Gasteiger partial charge in [-0.1, -0.05) is 175 Å². The van der Waals surface area contributed by atoms with Crippen LogP contribution in [0.25, 0.3) is 0 Å². The number of ether oxygens (including phenoxy) is 3. The molecule has 46 heavy (non-hydrogen) atoms. The number of para-hydroxylation sites is 3. The Morgan fingerprint density at radius 2 is 0.500 bits per heavy atom. The molecule has 3 rings (SSSR count). The summed E-state index contributed by atoms with van der Waals surface area (Å²) < 4.78 is 13.5. The van der Waals surface area contributed by atoms with Crippen LogP contribution in [0.2, 0.25) is 0 Å². The number of rotatable bonds is 3. The minimum absolute atomic E-state index is 0. The molecule has 3 aromatic carbocycles. The lowest BCUT2D eigenvalue weighted by atomic mass is 10.3. The summed E-state index contributed by atoms with van der Waals surface area (Å²) in [7, 11) is 0. The highest BCUT2D eigenvalue weighted by molar-refractivity contribution is 5.23. The summed E-state index contributed by atoms with van der Waals surface area (Å²) in [6.45, 7) is 25.0. The van der Waals surface area contributed by atoms with Crippen LogP contribution >= 0.6 is 0 Å². The maximum Gasteiger partial charge on any atom is 0.292 e. The first-order valence-corrected chi connectivity index (χ1v) is 14.1. The van der Waals surface area contributed by atoms with E-state index in [0.29, 0.717) is 17.2 Å². The molecule has 0 N–H and O–H groups in total. The van der Waals surface area contributed by atoms with Crippen LogP contribution < -0.4 is 14.2 Å². The van der Waals surface area contributed by atoms with E-state index in [9.17, 15) is 0 Å². The van der Waals surface area contributed by atoms with E-state index in [4.69, 9.17) is 15.8 Å². The zero-order valence-electron chi connectivity index (χ0n) is 27.4. The van der Waals surface area contributed by atoms with Crippen molar-refractivity contribution in [3.8, 4) is 36.0 Å². The maximum atomic E-state index is 8.05. The van der Waals surface area contributed by atoms with Gasteiger partial charge in [-0.3, -0.25) is 0 Å². The third kappa shape index (κ3) is 72.1. The van der Waals surface area contributed by atoms with Crippen molar-refractivity contribution in [2.75, 3.05) is 0 Å². The van der Waals surface area contributed by atoms with Gasteiger partial charge in [-0.2, -0.15) is 0 Å². The second kappa shape index (κ2) is 63.7. The van der Waals surface area contributed by atoms with Crippen LogP contribution in [0.15, 0.2) is 91.0 Å². The fourth-order valence-corrected chi connectivity index (χ4v) is 1.62. The first-order valence-electron chi connectivity index (χ1n) is 14.1. The van der Waals surface area contributed by atoms with E-state index in [0.717, 1.165) is 11.8 Å². The van der Waals surface area contributed by atoms with Gasteiger partial charge >= 0.3 is 0 Å². The summed E-state index contributed by atoms with van der Waals surface area (Å²) in [5.41, 5.74) is 0. The van der Waals surface area contributed by atoms with E-state index < -0.39 is 0 Å². The van der Waals surface area contributed by atoms with Crippen molar-refractivity contribution in [1.29, 1.82) is 15.8 Å². The SMILES string of the molecule is C.C.C.C.C.CC.CC.CC.CC(C)C.CC(C)C.N#COc1ccccc1.N#COc1ccccc1.N#COc1ccccc1. The highest BCUT2D eigenvalue weighted by Crippen LogP contribution is 2.07. The Bertz CT molecular complexity index is 842. The normalized spacial score (nSPS) is 6.59. The van der Waals surface area contributed by atoms with Crippen LogP contribution in [-0.4, -0.2) is 0 Å². The quantitative estimate of drug-likeness (QED) is 0.263. The molecule has 0 aliphatic rings. The van der Waals surface area contributed by atoms with Crippen LogP contribution in [0.3, 0.4) is 0 Å². The Hall–Kier alpha value is -4.47. The Labute approximate surface area is 288 Å². The van der Waals surface area contributed by atoms with Crippen LogP contribution in [0, 0.1) is 46.4 Å². The molecule has 0 heterocycles. The van der Waals surface area contributed by atoms with Crippen LogP contribution in [0.4, 0.5) is 0 Å². The van der Waals surface area contributed by atoms with Crippen molar-refractivity contribution in [1.82, 2.24) is 0 Å². The van der Waals surface area contributed by atoms with Crippen LogP contribution in [0.5, 0.6) is 17.2 Å². The van der Waals surface area contributed by atoms with E-state index in [1.54, 1.807) is 55.2 Å². The second-order valence-electron chi connectivity index (χ2n) is 7.98. The molecule has 0 radical (unpaired) electrons. The van der Waals surface area contributed by atoms with Gasteiger partial charge in [-0.05, 0) is 48.2 Å². The average Bonchev–Trinajstić information content (AvgIpc) is 2.99. The average molecular weight is 644 g/mol. The van der Waals surface area contributed by atoms with E-state index in [2.05, 4.69) is 55.8 Å². The van der Waals surface area contributed by atoms with Gasteiger partial charge in [0.15, 0.2) is 0 Å². The maximum absolute atomic E-state index is 8.05. The molecule has 0 atom stereocenters. The van der Waals surface area contributed by atoms with Crippen LogP contribution in [0.1, 0.15) is 120 Å². The lowest BCUT2D eigenvalue weighted by Crippen LogP contribution is -1.78. The molecule has 6 nitrogen and oxygen atoms in total. The van der Waals surface area contributed by atoms with Gasteiger partial charge in [0, 0.05) is 0 Å². The van der Waals surface area contributed by atoms with Gasteiger partial charge in [0.25, 0.3) is 18.8 Å². The molecule has 266 valence electrons. The number of nitrogens with zero attached hydrogens (tertiary/aromatic N) is 3. The molecule has 0 unspecified atom stereocenters. The van der Waals surface area contributed by atoms with E-state index >= 15 is 0 Å². The molecule has 6 heteroatoms. The Kier molecular flexibility index (Phi) is 95.0. The first-order chi connectivity index (χ1) is 19.8. The summed E-state index contributed by atoms with van der Waals surface area (Å²) in [6.07, 6.45) is 4.75. The predicted octanol–water partition coefficient (Wildman–Crippen LogP) is 14.2. The third-order valence-corrected chi connectivity index (χ3v) is 2.72. The lowest BCUT2D eigenvalue weighted by Gasteiger charge is -1.89. The van der Waals surface area contributed by atoms with E-state index in [1.807, 2.05) is 96.1 Å². The molecule has 0 fully saturated rings. The van der Waals surface area contributed by atoms with Crippen LogP contribution in [-0.2, 0) is 0 Å². The fraction of sp³-hybridized carbons (Fsp3) is 0.475. The zero-order valence-corrected chi connectivity index (χ0v) is 27.4. The molecule has 0 spiro atoms. The molecule has 0 aromatic heterocycles. The first kappa shape index (κ1) is 68.6. The zero-order chi connectivity index (χ0) is 32.7.